The molecule has 2 N–H and O–H groups in total. The molecule has 98 valence electrons. The van der Waals surface area contributed by atoms with Gasteiger partial charge in [-0.25, -0.2) is 0 Å². The average Bonchev–Trinajstić information content (AvgIpc) is 2.32. The second-order valence-electron chi connectivity index (χ2n) is 4.27. The molecule has 1 aromatic rings. The lowest BCUT2D eigenvalue weighted by molar-refractivity contribution is -0.383. The average molecular weight is 269 g/mol. The molecule has 0 atom stereocenters. The lowest BCUT2D eigenvalue weighted by Crippen LogP contribution is -2.37. The first-order chi connectivity index (χ1) is 8.56. The van der Waals surface area contributed by atoms with Crippen LogP contribution in [0.1, 0.15) is 5.56 Å². The van der Waals surface area contributed by atoms with E-state index in [9.17, 15) is 14.3 Å². The highest BCUT2D eigenvalue weighted by Gasteiger charge is 2.16. The molecule has 1 aromatic carbocycles. The Morgan fingerprint density at radius 2 is 2.06 bits per heavy atom. The van der Waals surface area contributed by atoms with Gasteiger partial charge in [-0.15, -0.1) is 0 Å². The van der Waals surface area contributed by atoms with Gasteiger partial charge < -0.3 is 5.73 Å². The molecule has 2 rings (SSSR count). The minimum absolute atomic E-state index is 0.0569. The van der Waals surface area contributed by atoms with Gasteiger partial charge in [0.25, 0.3) is 5.69 Å². The summed E-state index contributed by atoms with van der Waals surface area (Å²) < 4.78 is 11.2. The van der Waals surface area contributed by atoms with Crippen molar-refractivity contribution in [3.05, 3.63) is 33.9 Å². The van der Waals surface area contributed by atoms with Crippen molar-refractivity contribution < 1.29 is 9.13 Å². The van der Waals surface area contributed by atoms with Gasteiger partial charge in [0.05, 0.1) is 4.92 Å². The number of nitrogen functional groups attached to an aromatic ring is 1. The standard InChI is InChI=1S/C11H15N3O3S/c12-10-7-9(1-2-11(10)14(15)16)8-13-3-5-18(17)6-4-13/h1-2,7H,3-6,8,12H2. The highest BCUT2D eigenvalue weighted by molar-refractivity contribution is 7.85. The van der Waals surface area contributed by atoms with Crippen molar-refractivity contribution in [2.45, 2.75) is 6.54 Å². The van der Waals surface area contributed by atoms with Crippen molar-refractivity contribution >= 4 is 22.2 Å². The van der Waals surface area contributed by atoms with Gasteiger partial charge in [-0.05, 0) is 11.6 Å². The predicted octanol–water partition coefficient (Wildman–Crippen LogP) is 0.741. The third kappa shape index (κ3) is 3.05. The molecule has 1 fully saturated rings. The molecule has 1 heterocycles. The van der Waals surface area contributed by atoms with Crippen LogP contribution in [0.5, 0.6) is 0 Å². The molecule has 0 radical (unpaired) electrons. The van der Waals surface area contributed by atoms with Crippen LogP contribution < -0.4 is 5.73 Å². The molecule has 0 unspecified atom stereocenters. The molecule has 0 amide bonds. The number of nitro groups is 1. The van der Waals surface area contributed by atoms with Crippen LogP contribution in [0, 0.1) is 10.1 Å². The van der Waals surface area contributed by atoms with Crippen LogP contribution in [0.15, 0.2) is 18.2 Å². The van der Waals surface area contributed by atoms with E-state index in [0.717, 1.165) is 18.7 Å². The highest BCUT2D eigenvalue weighted by atomic mass is 32.2. The molecule has 1 aliphatic heterocycles. The van der Waals surface area contributed by atoms with Crippen molar-refractivity contribution in [3.63, 3.8) is 0 Å². The fourth-order valence-corrected chi connectivity index (χ4v) is 3.09. The normalized spacial score (nSPS) is 17.8. The summed E-state index contributed by atoms with van der Waals surface area (Å²) in [7, 11) is -0.689. The molecule has 0 bridgehead atoms. The predicted molar refractivity (Wildman–Crippen MR) is 70.7 cm³/mol. The number of hydrogen-bond donors (Lipinski definition) is 1. The lowest BCUT2D eigenvalue weighted by atomic mass is 10.1. The summed E-state index contributed by atoms with van der Waals surface area (Å²) >= 11 is 0. The first-order valence-corrected chi connectivity index (χ1v) is 7.15. The summed E-state index contributed by atoms with van der Waals surface area (Å²) in [5.41, 5.74) is 6.73. The minimum atomic E-state index is -0.689. The third-order valence-corrected chi connectivity index (χ3v) is 4.24. The van der Waals surface area contributed by atoms with Gasteiger partial charge in [-0.1, -0.05) is 6.07 Å². The number of nitro benzene ring substituents is 1. The van der Waals surface area contributed by atoms with Gasteiger partial charge >= 0.3 is 0 Å². The van der Waals surface area contributed by atoms with Crippen molar-refractivity contribution in [1.29, 1.82) is 0 Å². The van der Waals surface area contributed by atoms with Gasteiger partial charge in [0.15, 0.2) is 0 Å². The van der Waals surface area contributed by atoms with Gasteiger partial charge in [0.2, 0.25) is 0 Å². The zero-order chi connectivity index (χ0) is 13.1. The van der Waals surface area contributed by atoms with Gasteiger partial charge in [-0.3, -0.25) is 19.2 Å². The van der Waals surface area contributed by atoms with Gasteiger partial charge in [0.1, 0.15) is 5.69 Å². The Morgan fingerprint density at radius 1 is 1.39 bits per heavy atom. The van der Waals surface area contributed by atoms with Crippen molar-refractivity contribution in [2.24, 2.45) is 0 Å². The highest BCUT2D eigenvalue weighted by Crippen LogP contribution is 2.22. The SMILES string of the molecule is Nc1cc(CN2CCS(=O)CC2)ccc1[N+](=O)[O-]. The molecular weight excluding hydrogens is 254 g/mol. The molecule has 1 saturated heterocycles. The maximum atomic E-state index is 11.2. The molecule has 7 heteroatoms. The zero-order valence-electron chi connectivity index (χ0n) is 9.87. The summed E-state index contributed by atoms with van der Waals surface area (Å²) in [6.07, 6.45) is 0. The fraction of sp³-hybridized carbons (Fsp3) is 0.455. The molecule has 0 aliphatic carbocycles. The fourth-order valence-electron chi connectivity index (χ4n) is 1.96. The zero-order valence-corrected chi connectivity index (χ0v) is 10.7. The van der Waals surface area contributed by atoms with Crippen molar-refractivity contribution in [3.8, 4) is 0 Å². The Bertz CT molecular complexity index is 482. The van der Waals surface area contributed by atoms with E-state index in [1.165, 1.54) is 6.07 Å². The maximum absolute atomic E-state index is 11.2. The number of rotatable bonds is 3. The summed E-state index contributed by atoms with van der Waals surface area (Å²) in [5, 5.41) is 10.6. The maximum Gasteiger partial charge on any atom is 0.292 e. The van der Waals surface area contributed by atoms with Crippen LogP contribution >= 0.6 is 0 Å². The first kappa shape index (κ1) is 13.0. The van der Waals surface area contributed by atoms with E-state index in [0.29, 0.717) is 18.1 Å². The Hall–Kier alpha value is -1.47. The Kier molecular flexibility index (Phi) is 3.93. The summed E-state index contributed by atoms with van der Waals surface area (Å²) in [6, 6.07) is 4.80. The smallest absolute Gasteiger partial charge is 0.292 e. The molecule has 18 heavy (non-hydrogen) atoms. The Labute approximate surface area is 107 Å². The number of nitrogens with zero attached hydrogens (tertiary/aromatic N) is 2. The second-order valence-corrected chi connectivity index (χ2v) is 5.97. The largest absolute Gasteiger partial charge is 0.393 e. The monoisotopic (exact) mass is 269 g/mol. The van der Waals surface area contributed by atoms with Gasteiger partial charge in [0, 0.05) is 48.0 Å². The Balaban J connectivity index is 2.04. The number of hydrogen-bond acceptors (Lipinski definition) is 5. The molecule has 0 saturated carbocycles. The van der Waals surface area contributed by atoms with E-state index in [-0.39, 0.29) is 11.4 Å². The first-order valence-electron chi connectivity index (χ1n) is 5.66. The van der Waals surface area contributed by atoms with E-state index in [1.807, 2.05) is 0 Å². The quantitative estimate of drug-likeness (QED) is 0.496. The molecule has 0 spiro atoms. The van der Waals surface area contributed by atoms with E-state index < -0.39 is 15.7 Å². The molecule has 0 aromatic heterocycles. The summed E-state index contributed by atoms with van der Waals surface area (Å²) in [6.45, 7) is 2.28. The number of nitrogens with two attached hydrogens (primary N) is 1. The summed E-state index contributed by atoms with van der Waals surface area (Å²) in [4.78, 5) is 12.3. The number of benzene rings is 1. The van der Waals surface area contributed by atoms with Crippen molar-refractivity contribution in [1.82, 2.24) is 4.90 Å². The van der Waals surface area contributed by atoms with E-state index >= 15 is 0 Å². The van der Waals surface area contributed by atoms with Crippen LogP contribution in [0.25, 0.3) is 0 Å². The van der Waals surface area contributed by atoms with Crippen LogP contribution in [0.4, 0.5) is 11.4 Å². The van der Waals surface area contributed by atoms with Crippen LogP contribution in [-0.2, 0) is 17.3 Å². The lowest BCUT2D eigenvalue weighted by Gasteiger charge is -2.26. The molecule has 1 aliphatic rings. The molecule has 6 nitrogen and oxygen atoms in total. The van der Waals surface area contributed by atoms with E-state index in [2.05, 4.69) is 4.90 Å². The van der Waals surface area contributed by atoms with Crippen LogP contribution in [0.2, 0.25) is 0 Å². The van der Waals surface area contributed by atoms with Gasteiger partial charge in [-0.2, -0.15) is 0 Å². The Morgan fingerprint density at radius 3 is 2.61 bits per heavy atom. The van der Waals surface area contributed by atoms with Crippen LogP contribution in [-0.4, -0.2) is 38.6 Å². The second kappa shape index (κ2) is 5.45. The summed E-state index contributed by atoms with van der Waals surface area (Å²) in [5.74, 6) is 1.39. The van der Waals surface area contributed by atoms with E-state index in [1.54, 1.807) is 12.1 Å². The third-order valence-electron chi connectivity index (χ3n) is 2.97. The van der Waals surface area contributed by atoms with Crippen molar-refractivity contribution in [2.75, 3.05) is 30.3 Å². The minimum Gasteiger partial charge on any atom is -0.393 e. The number of anilines is 1. The topological polar surface area (TPSA) is 89.5 Å². The van der Waals surface area contributed by atoms with E-state index in [4.69, 9.17) is 5.73 Å². The molecular formula is C11H15N3O3S. The van der Waals surface area contributed by atoms with Crippen LogP contribution in [0.3, 0.4) is 0 Å².